The summed E-state index contributed by atoms with van der Waals surface area (Å²) in [6, 6.07) is 8.00. The summed E-state index contributed by atoms with van der Waals surface area (Å²) in [7, 11) is 3.99. The van der Waals surface area contributed by atoms with Crippen LogP contribution in [0.1, 0.15) is 5.56 Å². The largest absolute Gasteiger partial charge is 0.378 e. The number of allylic oxidation sites excluding steroid dienone is 1. The van der Waals surface area contributed by atoms with E-state index in [4.69, 9.17) is 0 Å². The van der Waals surface area contributed by atoms with Gasteiger partial charge in [-0.25, -0.2) is 0 Å². The van der Waals surface area contributed by atoms with Crippen LogP contribution in [-0.4, -0.2) is 20.4 Å². The Morgan fingerprint density at radius 2 is 1.77 bits per heavy atom. The van der Waals surface area contributed by atoms with Crippen LogP contribution in [0.15, 0.2) is 30.3 Å². The molecule has 0 unspecified atom stereocenters. The van der Waals surface area contributed by atoms with Crippen molar-refractivity contribution < 1.29 is 4.79 Å². The number of benzene rings is 1. The number of rotatable bonds is 3. The predicted molar refractivity (Wildman–Crippen MR) is 55.9 cm³/mol. The van der Waals surface area contributed by atoms with Crippen LogP contribution in [0.2, 0.25) is 0 Å². The summed E-state index contributed by atoms with van der Waals surface area (Å²) in [5, 5.41) is 0. The van der Waals surface area contributed by atoms with Crippen molar-refractivity contribution in [3.63, 3.8) is 0 Å². The first-order chi connectivity index (χ1) is 6.24. The molecule has 0 N–H and O–H groups in total. The molecule has 0 atom stereocenters. The lowest BCUT2D eigenvalue weighted by atomic mass is 10.2. The Balaban J connectivity index is 2.81. The molecule has 0 aliphatic heterocycles. The molecule has 2 heteroatoms. The van der Waals surface area contributed by atoms with E-state index in [0.29, 0.717) is 0 Å². The fraction of sp³-hybridized carbons (Fsp3) is 0.182. The van der Waals surface area contributed by atoms with Gasteiger partial charge in [-0.05, 0) is 23.8 Å². The van der Waals surface area contributed by atoms with Crippen molar-refractivity contribution in [2.24, 2.45) is 0 Å². The maximum atomic E-state index is 10.1. The first-order valence-corrected chi connectivity index (χ1v) is 4.13. The highest BCUT2D eigenvalue weighted by Gasteiger charge is 1.92. The highest BCUT2D eigenvalue weighted by atomic mass is 16.1. The van der Waals surface area contributed by atoms with Crippen molar-refractivity contribution in [3.8, 4) is 0 Å². The van der Waals surface area contributed by atoms with Crippen LogP contribution in [0.4, 0.5) is 5.69 Å². The quantitative estimate of drug-likeness (QED) is 0.517. The maximum Gasteiger partial charge on any atom is 0.142 e. The molecule has 0 heterocycles. The van der Waals surface area contributed by atoms with Gasteiger partial charge in [-0.2, -0.15) is 0 Å². The average Bonchev–Trinajstić information content (AvgIpc) is 2.15. The van der Waals surface area contributed by atoms with Crippen LogP contribution in [-0.2, 0) is 4.79 Å². The number of nitrogens with zero attached hydrogens (tertiary/aromatic N) is 1. The minimum absolute atomic E-state index is 0.778. The molecule has 0 aliphatic carbocycles. The van der Waals surface area contributed by atoms with Gasteiger partial charge in [-0.1, -0.05) is 18.2 Å². The summed E-state index contributed by atoms with van der Waals surface area (Å²) in [6.07, 6.45) is 4.05. The van der Waals surface area contributed by atoms with E-state index in [1.54, 1.807) is 6.08 Å². The predicted octanol–water partition coefficient (Wildman–Crippen LogP) is 1.96. The Morgan fingerprint density at radius 1 is 1.15 bits per heavy atom. The number of aldehydes is 1. The van der Waals surface area contributed by atoms with Crippen LogP contribution in [0.3, 0.4) is 0 Å². The van der Waals surface area contributed by atoms with E-state index >= 15 is 0 Å². The molecule has 68 valence electrons. The van der Waals surface area contributed by atoms with Crippen molar-refractivity contribution in [2.45, 2.75) is 0 Å². The zero-order valence-corrected chi connectivity index (χ0v) is 7.90. The molecule has 1 rings (SSSR count). The summed E-state index contributed by atoms with van der Waals surface area (Å²) in [5.74, 6) is 0. The Bertz CT molecular complexity index is 298. The lowest BCUT2D eigenvalue weighted by Gasteiger charge is -2.11. The lowest BCUT2D eigenvalue weighted by Crippen LogP contribution is -2.07. The molecular formula is C11H13NO. The number of carbonyl (C=O) groups excluding carboxylic acids is 1. The van der Waals surface area contributed by atoms with Gasteiger partial charge in [0, 0.05) is 19.8 Å². The van der Waals surface area contributed by atoms with Crippen LogP contribution < -0.4 is 4.90 Å². The van der Waals surface area contributed by atoms with Crippen molar-refractivity contribution in [1.82, 2.24) is 0 Å². The topological polar surface area (TPSA) is 20.3 Å². The second-order valence-electron chi connectivity index (χ2n) is 2.98. The molecule has 0 aromatic heterocycles. The molecule has 13 heavy (non-hydrogen) atoms. The average molecular weight is 175 g/mol. The zero-order valence-electron chi connectivity index (χ0n) is 7.90. The molecule has 0 radical (unpaired) electrons. The molecule has 0 spiro atoms. The SMILES string of the molecule is CN(C)c1ccc(/C=C/C=O)cc1. The summed E-state index contributed by atoms with van der Waals surface area (Å²) in [5.41, 5.74) is 2.20. The van der Waals surface area contributed by atoms with Crippen LogP contribution in [0, 0.1) is 0 Å². The van der Waals surface area contributed by atoms with E-state index in [1.165, 1.54) is 6.08 Å². The normalized spacial score (nSPS) is 10.3. The molecule has 0 amide bonds. The number of hydrogen-bond donors (Lipinski definition) is 0. The summed E-state index contributed by atoms with van der Waals surface area (Å²) >= 11 is 0. The van der Waals surface area contributed by atoms with Crippen molar-refractivity contribution >= 4 is 18.0 Å². The van der Waals surface area contributed by atoms with Gasteiger partial charge in [0.25, 0.3) is 0 Å². The summed E-state index contributed by atoms with van der Waals surface area (Å²) in [6.45, 7) is 0. The smallest absolute Gasteiger partial charge is 0.142 e. The zero-order chi connectivity index (χ0) is 9.68. The Hall–Kier alpha value is -1.57. The number of carbonyl (C=O) groups is 1. The molecule has 2 nitrogen and oxygen atoms in total. The van der Waals surface area contributed by atoms with Gasteiger partial charge in [0.15, 0.2) is 0 Å². The fourth-order valence-corrected chi connectivity index (χ4v) is 1.03. The highest BCUT2D eigenvalue weighted by Crippen LogP contribution is 2.12. The molecular weight excluding hydrogens is 162 g/mol. The third kappa shape index (κ3) is 2.75. The van der Waals surface area contributed by atoms with Gasteiger partial charge < -0.3 is 4.90 Å². The van der Waals surface area contributed by atoms with Crippen molar-refractivity contribution in [1.29, 1.82) is 0 Å². The van der Waals surface area contributed by atoms with Gasteiger partial charge in [-0.3, -0.25) is 4.79 Å². The van der Waals surface area contributed by atoms with Gasteiger partial charge in [0.05, 0.1) is 0 Å². The van der Waals surface area contributed by atoms with E-state index < -0.39 is 0 Å². The Morgan fingerprint density at radius 3 is 2.23 bits per heavy atom. The second kappa shape index (κ2) is 4.45. The number of anilines is 1. The minimum atomic E-state index is 0.778. The summed E-state index contributed by atoms with van der Waals surface area (Å²) < 4.78 is 0. The molecule has 1 aromatic rings. The molecule has 0 saturated heterocycles. The van der Waals surface area contributed by atoms with Crippen LogP contribution in [0.5, 0.6) is 0 Å². The first kappa shape index (κ1) is 9.52. The van der Waals surface area contributed by atoms with E-state index in [-0.39, 0.29) is 0 Å². The molecule has 0 saturated carbocycles. The van der Waals surface area contributed by atoms with E-state index in [2.05, 4.69) is 0 Å². The summed E-state index contributed by atoms with van der Waals surface area (Å²) in [4.78, 5) is 12.1. The molecule has 0 aliphatic rings. The van der Waals surface area contributed by atoms with Gasteiger partial charge in [-0.15, -0.1) is 0 Å². The van der Waals surface area contributed by atoms with E-state index in [0.717, 1.165) is 17.5 Å². The third-order valence-electron chi connectivity index (χ3n) is 1.78. The Kier molecular flexibility index (Phi) is 3.26. The van der Waals surface area contributed by atoms with Gasteiger partial charge in [0.2, 0.25) is 0 Å². The molecule has 0 bridgehead atoms. The third-order valence-corrected chi connectivity index (χ3v) is 1.78. The Labute approximate surface area is 78.5 Å². The van der Waals surface area contributed by atoms with Crippen molar-refractivity contribution in [3.05, 3.63) is 35.9 Å². The van der Waals surface area contributed by atoms with Crippen LogP contribution >= 0.6 is 0 Å². The van der Waals surface area contributed by atoms with Crippen molar-refractivity contribution in [2.75, 3.05) is 19.0 Å². The van der Waals surface area contributed by atoms with Gasteiger partial charge >= 0.3 is 0 Å². The molecule has 0 fully saturated rings. The fourth-order valence-electron chi connectivity index (χ4n) is 1.03. The maximum absolute atomic E-state index is 10.1. The highest BCUT2D eigenvalue weighted by molar-refractivity contribution is 5.74. The minimum Gasteiger partial charge on any atom is -0.378 e. The molecule has 1 aromatic carbocycles. The lowest BCUT2D eigenvalue weighted by molar-refractivity contribution is -0.104. The monoisotopic (exact) mass is 175 g/mol. The van der Waals surface area contributed by atoms with E-state index in [9.17, 15) is 4.79 Å². The first-order valence-electron chi connectivity index (χ1n) is 4.13. The van der Waals surface area contributed by atoms with E-state index in [1.807, 2.05) is 43.3 Å². The standard InChI is InChI=1S/C11H13NO/c1-12(2)11-7-5-10(6-8-11)4-3-9-13/h3-9H,1-2H3/b4-3+. The second-order valence-corrected chi connectivity index (χ2v) is 2.98. The van der Waals surface area contributed by atoms with Crippen LogP contribution in [0.25, 0.3) is 6.08 Å². The van der Waals surface area contributed by atoms with Gasteiger partial charge in [0.1, 0.15) is 6.29 Å². The number of hydrogen-bond acceptors (Lipinski definition) is 2.